The summed E-state index contributed by atoms with van der Waals surface area (Å²) >= 11 is 5.91. The predicted octanol–water partition coefficient (Wildman–Crippen LogP) is 3.98. The fourth-order valence-corrected chi connectivity index (χ4v) is 2.79. The van der Waals surface area contributed by atoms with Gasteiger partial charge in [0.25, 0.3) is 5.91 Å². The zero-order chi connectivity index (χ0) is 15.5. The third-order valence-electron chi connectivity index (χ3n) is 3.83. The molecule has 2 aromatic rings. The predicted molar refractivity (Wildman–Crippen MR) is 88.1 cm³/mol. The number of halogens is 1. The summed E-state index contributed by atoms with van der Waals surface area (Å²) in [7, 11) is 0. The monoisotopic (exact) mass is 313 g/mol. The molecule has 22 heavy (non-hydrogen) atoms. The van der Waals surface area contributed by atoms with Crippen molar-refractivity contribution < 1.29 is 9.90 Å². The molecule has 1 N–H and O–H groups in total. The highest BCUT2D eigenvalue weighted by Crippen LogP contribution is 2.26. The average Bonchev–Trinajstić information content (AvgIpc) is 2.57. The van der Waals surface area contributed by atoms with E-state index < -0.39 is 0 Å². The molecule has 0 aromatic heterocycles. The quantitative estimate of drug-likeness (QED) is 0.911. The van der Waals surface area contributed by atoms with E-state index >= 15 is 0 Å². The Morgan fingerprint density at radius 2 is 1.91 bits per heavy atom. The minimum absolute atomic E-state index is 0.0350. The molecule has 112 valence electrons. The molecule has 0 fully saturated rings. The van der Waals surface area contributed by atoms with Crippen LogP contribution in [0.3, 0.4) is 0 Å². The van der Waals surface area contributed by atoms with E-state index in [1.807, 2.05) is 18.2 Å². The lowest BCUT2D eigenvalue weighted by Crippen LogP contribution is -2.34. The Bertz CT molecular complexity index is 725. The molecule has 1 amide bonds. The summed E-state index contributed by atoms with van der Waals surface area (Å²) in [4.78, 5) is 14.2. The number of aromatic hydroxyl groups is 1. The van der Waals surface area contributed by atoms with E-state index in [1.165, 1.54) is 23.3 Å². The molecule has 0 saturated carbocycles. The molecule has 1 aliphatic heterocycles. The van der Waals surface area contributed by atoms with Gasteiger partial charge in [0.15, 0.2) is 0 Å². The van der Waals surface area contributed by atoms with Gasteiger partial charge in [-0.2, -0.15) is 0 Å². The number of hydrogen-bond acceptors (Lipinski definition) is 2. The van der Waals surface area contributed by atoms with Gasteiger partial charge in [0.2, 0.25) is 0 Å². The Hall–Kier alpha value is -2.26. The molecule has 0 radical (unpaired) electrons. The van der Waals surface area contributed by atoms with E-state index in [0.717, 1.165) is 6.42 Å². The molecule has 0 unspecified atom stereocenters. The van der Waals surface area contributed by atoms with Gasteiger partial charge in [-0.1, -0.05) is 48.0 Å². The van der Waals surface area contributed by atoms with Crippen molar-refractivity contribution in [1.82, 2.24) is 4.90 Å². The first kappa shape index (κ1) is 14.7. The zero-order valence-electron chi connectivity index (χ0n) is 12.0. The topological polar surface area (TPSA) is 40.5 Å². The van der Waals surface area contributed by atoms with Crippen molar-refractivity contribution in [3.05, 3.63) is 70.8 Å². The van der Waals surface area contributed by atoms with E-state index in [4.69, 9.17) is 11.6 Å². The Balaban J connectivity index is 1.77. The summed E-state index contributed by atoms with van der Waals surface area (Å²) in [6, 6.07) is 14.7. The third kappa shape index (κ3) is 3.00. The first-order chi connectivity index (χ1) is 10.6. The lowest BCUT2D eigenvalue weighted by molar-refractivity contribution is 0.0770. The molecule has 0 bridgehead atoms. The van der Waals surface area contributed by atoms with Crippen LogP contribution < -0.4 is 0 Å². The van der Waals surface area contributed by atoms with E-state index in [-0.39, 0.29) is 17.2 Å². The second kappa shape index (κ2) is 6.24. The van der Waals surface area contributed by atoms with Gasteiger partial charge >= 0.3 is 0 Å². The number of benzene rings is 2. The lowest BCUT2D eigenvalue weighted by atomic mass is 9.99. The van der Waals surface area contributed by atoms with E-state index in [0.29, 0.717) is 18.1 Å². The van der Waals surface area contributed by atoms with Gasteiger partial charge < -0.3 is 10.0 Å². The second-order valence-corrected chi connectivity index (χ2v) is 5.69. The van der Waals surface area contributed by atoms with Crippen molar-refractivity contribution >= 4 is 23.1 Å². The first-order valence-corrected chi connectivity index (χ1v) is 7.55. The van der Waals surface area contributed by atoms with Crippen molar-refractivity contribution in [2.24, 2.45) is 0 Å². The number of nitrogens with zero attached hydrogens (tertiary/aromatic N) is 1. The maximum Gasteiger partial charge on any atom is 0.257 e. The van der Waals surface area contributed by atoms with Crippen LogP contribution in [0.5, 0.6) is 5.75 Å². The Kier molecular flexibility index (Phi) is 4.16. The van der Waals surface area contributed by atoms with E-state index in [9.17, 15) is 9.90 Å². The maximum atomic E-state index is 12.5. The van der Waals surface area contributed by atoms with Crippen molar-refractivity contribution in [3.63, 3.8) is 0 Å². The molecule has 2 aromatic carbocycles. The van der Waals surface area contributed by atoms with Gasteiger partial charge in [-0.05, 0) is 35.8 Å². The van der Waals surface area contributed by atoms with Crippen LogP contribution in [-0.2, 0) is 0 Å². The zero-order valence-corrected chi connectivity index (χ0v) is 12.8. The summed E-state index contributed by atoms with van der Waals surface area (Å²) in [5, 5.41) is 10.3. The Labute approximate surface area is 134 Å². The molecular formula is C18H16ClNO2. The SMILES string of the molecule is O=C(c1cc(Cl)ccc1O)N1CC=C(c2ccccc2)CC1. The van der Waals surface area contributed by atoms with Crippen LogP contribution in [-0.4, -0.2) is 29.0 Å². The largest absolute Gasteiger partial charge is 0.507 e. The minimum atomic E-state index is -0.191. The molecule has 1 heterocycles. The highest BCUT2D eigenvalue weighted by atomic mass is 35.5. The molecule has 0 aliphatic carbocycles. The van der Waals surface area contributed by atoms with Crippen molar-refractivity contribution in [2.75, 3.05) is 13.1 Å². The summed E-state index contributed by atoms with van der Waals surface area (Å²) in [5.41, 5.74) is 2.70. The van der Waals surface area contributed by atoms with Gasteiger partial charge in [0, 0.05) is 18.1 Å². The Morgan fingerprint density at radius 3 is 2.59 bits per heavy atom. The lowest BCUT2D eigenvalue weighted by Gasteiger charge is -2.27. The minimum Gasteiger partial charge on any atom is -0.507 e. The number of amides is 1. The molecule has 4 heteroatoms. The number of phenolic OH excluding ortho intramolecular Hbond substituents is 1. The number of carbonyl (C=O) groups is 1. The van der Waals surface area contributed by atoms with Gasteiger partial charge in [-0.25, -0.2) is 0 Å². The fraction of sp³-hybridized carbons (Fsp3) is 0.167. The van der Waals surface area contributed by atoms with Crippen molar-refractivity contribution in [3.8, 4) is 5.75 Å². The highest BCUT2D eigenvalue weighted by molar-refractivity contribution is 6.31. The number of hydrogen-bond donors (Lipinski definition) is 1. The summed E-state index contributed by atoms with van der Waals surface area (Å²) in [5.74, 6) is -0.226. The van der Waals surface area contributed by atoms with E-state index in [2.05, 4.69) is 18.2 Å². The number of phenols is 1. The van der Waals surface area contributed by atoms with Gasteiger partial charge in [-0.15, -0.1) is 0 Å². The summed E-state index contributed by atoms with van der Waals surface area (Å²) in [6.45, 7) is 1.17. The normalized spacial score (nSPS) is 14.6. The van der Waals surface area contributed by atoms with Crippen LogP contribution in [0, 0.1) is 0 Å². The van der Waals surface area contributed by atoms with Gasteiger partial charge in [0.05, 0.1) is 5.56 Å². The average molecular weight is 314 g/mol. The van der Waals surface area contributed by atoms with E-state index in [1.54, 1.807) is 11.0 Å². The molecule has 3 rings (SSSR count). The molecule has 0 saturated heterocycles. The highest BCUT2D eigenvalue weighted by Gasteiger charge is 2.21. The summed E-state index contributed by atoms with van der Waals surface area (Å²) < 4.78 is 0. The maximum absolute atomic E-state index is 12.5. The van der Waals surface area contributed by atoms with Crippen LogP contribution in [0.25, 0.3) is 5.57 Å². The standard InChI is InChI=1S/C18H16ClNO2/c19-15-6-7-17(21)16(12-15)18(22)20-10-8-14(9-11-20)13-4-2-1-3-5-13/h1-8,12,21H,9-11H2. The molecule has 3 nitrogen and oxygen atoms in total. The smallest absolute Gasteiger partial charge is 0.257 e. The van der Waals surface area contributed by atoms with Gasteiger partial charge in [0.1, 0.15) is 5.75 Å². The molecule has 0 spiro atoms. The molecular weight excluding hydrogens is 298 g/mol. The van der Waals surface area contributed by atoms with Gasteiger partial charge in [-0.3, -0.25) is 4.79 Å². The molecule has 1 aliphatic rings. The third-order valence-corrected chi connectivity index (χ3v) is 4.07. The second-order valence-electron chi connectivity index (χ2n) is 5.26. The van der Waals surface area contributed by atoms with Crippen molar-refractivity contribution in [2.45, 2.75) is 6.42 Å². The first-order valence-electron chi connectivity index (χ1n) is 7.17. The number of carbonyl (C=O) groups excluding carboxylic acids is 1. The number of rotatable bonds is 2. The van der Waals surface area contributed by atoms with Crippen LogP contribution in [0.15, 0.2) is 54.6 Å². The van der Waals surface area contributed by atoms with Crippen LogP contribution >= 0.6 is 11.6 Å². The van der Waals surface area contributed by atoms with Crippen molar-refractivity contribution in [1.29, 1.82) is 0 Å². The summed E-state index contributed by atoms with van der Waals surface area (Å²) in [6.07, 6.45) is 2.87. The molecule has 0 atom stereocenters. The Morgan fingerprint density at radius 1 is 1.14 bits per heavy atom. The van der Waals surface area contributed by atoms with Crippen LogP contribution in [0.4, 0.5) is 0 Å². The van der Waals surface area contributed by atoms with Crippen LogP contribution in [0.2, 0.25) is 5.02 Å². The van der Waals surface area contributed by atoms with Crippen LogP contribution in [0.1, 0.15) is 22.3 Å². The fourth-order valence-electron chi connectivity index (χ4n) is 2.62.